The summed E-state index contributed by atoms with van der Waals surface area (Å²) < 4.78 is 0. The fraction of sp³-hybridized carbons (Fsp3) is 0. The Balaban J connectivity index is 0.000000167. The van der Waals surface area contributed by atoms with Gasteiger partial charge in [0.1, 0.15) is 0 Å². The van der Waals surface area contributed by atoms with Gasteiger partial charge in [-0.15, -0.1) is 12.4 Å². The van der Waals surface area contributed by atoms with Crippen LogP contribution >= 0.6 is 23.7 Å². The Labute approximate surface area is 76.5 Å². The zero-order valence-corrected chi connectivity index (χ0v) is 7.57. The van der Waals surface area contributed by atoms with Crippen LogP contribution in [0.1, 0.15) is 0 Å². The third-order valence-electron chi connectivity index (χ3n) is 0.921. The van der Waals surface area contributed by atoms with E-state index in [9.17, 15) is 0 Å². The summed E-state index contributed by atoms with van der Waals surface area (Å²) in [6.07, 6.45) is 3.75. The SMILES string of the molecule is Cl.c1cc[nH]c1.c1ccsc1. The molecule has 0 aromatic carbocycles. The molecule has 2 heterocycles. The molecular formula is C8H10ClNS. The molecule has 3 heteroatoms. The maximum Gasteiger partial charge on any atom is 0.000496 e. The molecule has 0 unspecified atom stereocenters. The van der Waals surface area contributed by atoms with Crippen LogP contribution < -0.4 is 0 Å². The van der Waals surface area contributed by atoms with Crippen LogP contribution in [-0.4, -0.2) is 4.98 Å². The third-order valence-corrected chi connectivity index (χ3v) is 1.55. The predicted molar refractivity (Wildman–Crippen MR) is 52.4 cm³/mol. The predicted octanol–water partition coefficient (Wildman–Crippen LogP) is 3.18. The van der Waals surface area contributed by atoms with Crippen molar-refractivity contribution in [1.29, 1.82) is 0 Å². The summed E-state index contributed by atoms with van der Waals surface area (Å²) in [5, 5.41) is 4.08. The minimum atomic E-state index is 0. The van der Waals surface area contributed by atoms with Crippen LogP contribution in [0.15, 0.2) is 47.4 Å². The van der Waals surface area contributed by atoms with Crippen molar-refractivity contribution < 1.29 is 0 Å². The Kier molecular flexibility index (Phi) is 6.89. The molecule has 2 aromatic heterocycles. The lowest BCUT2D eigenvalue weighted by molar-refractivity contribution is 1.42. The molecule has 1 nitrogen and oxygen atoms in total. The van der Waals surface area contributed by atoms with Gasteiger partial charge in [0.2, 0.25) is 0 Å². The summed E-state index contributed by atoms with van der Waals surface area (Å²) in [6.45, 7) is 0. The number of thiophene rings is 1. The Morgan fingerprint density at radius 1 is 0.818 bits per heavy atom. The topological polar surface area (TPSA) is 15.8 Å². The summed E-state index contributed by atoms with van der Waals surface area (Å²) >= 11 is 1.71. The number of aromatic amines is 1. The van der Waals surface area contributed by atoms with E-state index in [0.29, 0.717) is 0 Å². The number of hydrogen-bond donors (Lipinski definition) is 1. The van der Waals surface area contributed by atoms with Crippen molar-refractivity contribution in [3.8, 4) is 0 Å². The number of halogens is 1. The molecule has 0 aliphatic carbocycles. The van der Waals surface area contributed by atoms with Gasteiger partial charge in [0.05, 0.1) is 0 Å². The van der Waals surface area contributed by atoms with E-state index in [4.69, 9.17) is 0 Å². The lowest BCUT2D eigenvalue weighted by Crippen LogP contribution is -1.38. The normalized spacial score (nSPS) is 7.27. The lowest BCUT2D eigenvalue weighted by Gasteiger charge is -1.49. The monoisotopic (exact) mass is 187 g/mol. The Hall–Kier alpha value is -0.730. The highest BCUT2D eigenvalue weighted by molar-refractivity contribution is 7.07. The third kappa shape index (κ3) is 5.70. The van der Waals surface area contributed by atoms with Gasteiger partial charge in [0, 0.05) is 12.4 Å². The van der Waals surface area contributed by atoms with Crippen molar-refractivity contribution in [1.82, 2.24) is 4.98 Å². The molecule has 0 spiro atoms. The van der Waals surface area contributed by atoms with Gasteiger partial charge in [0.25, 0.3) is 0 Å². The average Bonchev–Trinajstić information content (AvgIpc) is 2.67. The number of aromatic nitrogens is 1. The molecule has 11 heavy (non-hydrogen) atoms. The van der Waals surface area contributed by atoms with Crippen LogP contribution in [0.2, 0.25) is 0 Å². The van der Waals surface area contributed by atoms with E-state index in [1.165, 1.54) is 0 Å². The van der Waals surface area contributed by atoms with E-state index in [1.807, 2.05) is 47.4 Å². The maximum atomic E-state index is 2.86. The largest absolute Gasteiger partial charge is 0.368 e. The first-order valence-electron chi connectivity index (χ1n) is 3.05. The summed E-state index contributed by atoms with van der Waals surface area (Å²) in [5.74, 6) is 0. The van der Waals surface area contributed by atoms with Crippen LogP contribution in [0.4, 0.5) is 0 Å². The van der Waals surface area contributed by atoms with E-state index >= 15 is 0 Å². The zero-order valence-electron chi connectivity index (χ0n) is 5.94. The molecule has 2 rings (SSSR count). The fourth-order valence-corrected chi connectivity index (χ4v) is 0.958. The molecular weight excluding hydrogens is 178 g/mol. The van der Waals surface area contributed by atoms with Crippen LogP contribution in [0.5, 0.6) is 0 Å². The van der Waals surface area contributed by atoms with Gasteiger partial charge in [-0.25, -0.2) is 0 Å². The van der Waals surface area contributed by atoms with Gasteiger partial charge >= 0.3 is 0 Å². The Morgan fingerprint density at radius 2 is 1.36 bits per heavy atom. The molecule has 0 bridgehead atoms. The number of H-pyrrole nitrogens is 1. The van der Waals surface area contributed by atoms with E-state index in [0.717, 1.165) is 0 Å². The minimum Gasteiger partial charge on any atom is -0.368 e. The second kappa shape index (κ2) is 7.38. The van der Waals surface area contributed by atoms with E-state index < -0.39 is 0 Å². The summed E-state index contributed by atoms with van der Waals surface area (Å²) in [6, 6.07) is 7.93. The van der Waals surface area contributed by atoms with Gasteiger partial charge < -0.3 is 4.98 Å². The molecule has 0 aliphatic heterocycles. The first-order chi connectivity index (χ1) is 5.00. The van der Waals surface area contributed by atoms with Crippen molar-refractivity contribution >= 4 is 23.7 Å². The van der Waals surface area contributed by atoms with Gasteiger partial charge in [-0.1, -0.05) is 12.1 Å². The average molecular weight is 188 g/mol. The number of hydrogen-bond acceptors (Lipinski definition) is 1. The Morgan fingerprint density at radius 3 is 1.55 bits per heavy atom. The molecule has 60 valence electrons. The molecule has 0 saturated carbocycles. The molecule has 0 fully saturated rings. The second-order valence-electron chi connectivity index (χ2n) is 1.68. The highest BCUT2D eigenvalue weighted by atomic mass is 35.5. The molecule has 0 amide bonds. The smallest absolute Gasteiger partial charge is 0.000496 e. The molecule has 0 aliphatic rings. The van der Waals surface area contributed by atoms with Crippen LogP contribution in [0, 0.1) is 0 Å². The molecule has 2 aromatic rings. The van der Waals surface area contributed by atoms with E-state index in [2.05, 4.69) is 4.98 Å². The molecule has 0 atom stereocenters. The van der Waals surface area contributed by atoms with Crippen molar-refractivity contribution in [3.63, 3.8) is 0 Å². The summed E-state index contributed by atoms with van der Waals surface area (Å²) in [7, 11) is 0. The van der Waals surface area contributed by atoms with E-state index in [-0.39, 0.29) is 12.4 Å². The number of nitrogens with one attached hydrogen (secondary N) is 1. The van der Waals surface area contributed by atoms with Crippen LogP contribution in [0.25, 0.3) is 0 Å². The van der Waals surface area contributed by atoms with E-state index in [1.54, 1.807) is 11.3 Å². The van der Waals surface area contributed by atoms with Crippen molar-refractivity contribution in [2.45, 2.75) is 0 Å². The van der Waals surface area contributed by atoms with Crippen LogP contribution in [-0.2, 0) is 0 Å². The van der Waals surface area contributed by atoms with Crippen molar-refractivity contribution in [2.75, 3.05) is 0 Å². The lowest BCUT2D eigenvalue weighted by atomic mass is 10.7. The van der Waals surface area contributed by atoms with Gasteiger partial charge in [-0.3, -0.25) is 0 Å². The van der Waals surface area contributed by atoms with Crippen molar-refractivity contribution in [2.24, 2.45) is 0 Å². The minimum absolute atomic E-state index is 0. The fourth-order valence-electron chi connectivity index (χ4n) is 0.505. The van der Waals surface area contributed by atoms with Crippen LogP contribution in [0.3, 0.4) is 0 Å². The highest BCUT2D eigenvalue weighted by Crippen LogP contribution is 1.91. The maximum absolute atomic E-state index is 2.86. The second-order valence-corrected chi connectivity index (χ2v) is 2.49. The first kappa shape index (κ1) is 10.3. The quantitative estimate of drug-likeness (QED) is 0.652. The number of rotatable bonds is 0. The zero-order chi connectivity index (χ0) is 7.07. The first-order valence-corrected chi connectivity index (χ1v) is 3.99. The molecule has 0 radical (unpaired) electrons. The van der Waals surface area contributed by atoms with Gasteiger partial charge in [0.15, 0.2) is 0 Å². The van der Waals surface area contributed by atoms with Crippen molar-refractivity contribution in [3.05, 3.63) is 47.4 Å². The summed E-state index contributed by atoms with van der Waals surface area (Å²) in [4.78, 5) is 2.86. The highest BCUT2D eigenvalue weighted by Gasteiger charge is 1.58. The van der Waals surface area contributed by atoms with Gasteiger partial charge in [-0.05, 0) is 22.9 Å². The summed E-state index contributed by atoms with van der Waals surface area (Å²) in [5.41, 5.74) is 0. The van der Waals surface area contributed by atoms with Gasteiger partial charge in [-0.2, -0.15) is 11.3 Å². The Bertz CT molecular complexity index is 153. The molecule has 1 N–H and O–H groups in total. The molecule has 0 saturated heterocycles. The standard InChI is InChI=1S/C4H5N.C4H4S.ClH/c2*1-2-4-5-3-1;/h1-5H;1-4H;1H.